The fraction of sp³-hybridized carbons (Fsp3) is 0.429. The van der Waals surface area contributed by atoms with Crippen LogP contribution in [0.15, 0.2) is 47.3 Å². The highest BCUT2D eigenvalue weighted by Gasteiger charge is 2.35. The largest absolute Gasteiger partial charge is 0.369 e. The molecule has 194 valence electrons. The molecule has 1 N–H and O–H groups in total. The first-order chi connectivity index (χ1) is 17.7. The Labute approximate surface area is 222 Å². The van der Waals surface area contributed by atoms with E-state index in [1.807, 2.05) is 35.0 Å². The number of H-pyrrole nitrogens is 1. The topological polar surface area (TPSA) is 82.9 Å². The number of tetrazole rings is 1. The van der Waals surface area contributed by atoms with Crippen LogP contribution in [0.4, 0.5) is 5.69 Å². The summed E-state index contributed by atoms with van der Waals surface area (Å²) in [5.41, 5.74) is 4.57. The third-order valence-electron chi connectivity index (χ3n) is 7.69. The molecule has 4 aromatic rings. The first kappa shape index (κ1) is 25.4. The van der Waals surface area contributed by atoms with Crippen molar-refractivity contribution >= 4 is 28.2 Å². The van der Waals surface area contributed by atoms with E-state index in [2.05, 4.69) is 77.1 Å². The van der Waals surface area contributed by atoms with Gasteiger partial charge in [0.15, 0.2) is 5.82 Å². The van der Waals surface area contributed by atoms with Crippen molar-refractivity contribution in [3.8, 4) is 0 Å². The number of fused-ring (bicyclic) bond motifs is 1. The van der Waals surface area contributed by atoms with Crippen LogP contribution in [-0.4, -0.2) is 56.3 Å². The van der Waals surface area contributed by atoms with Crippen LogP contribution in [-0.2, 0) is 5.54 Å². The highest BCUT2D eigenvalue weighted by atomic mass is 35.5. The molecule has 2 aromatic carbocycles. The summed E-state index contributed by atoms with van der Waals surface area (Å²) in [6.07, 6.45) is 0.854. The second kappa shape index (κ2) is 9.91. The molecular formula is C28H34ClN7O. The van der Waals surface area contributed by atoms with Crippen molar-refractivity contribution in [3.63, 3.8) is 0 Å². The summed E-state index contributed by atoms with van der Waals surface area (Å²) in [6, 6.07) is 13.7. The molecule has 0 aliphatic carbocycles. The van der Waals surface area contributed by atoms with Crippen LogP contribution < -0.4 is 10.5 Å². The number of aryl methyl sites for hydroxylation is 2. The number of pyridine rings is 1. The smallest absolute Gasteiger partial charge is 0.253 e. The van der Waals surface area contributed by atoms with E-state index >= 15 is 0 Å². The minimum atomic E-state index is -0.378. The molecule has 1 saturated heterocycles. The van der Waals surface area contributed by atoms with Crippen LogP contribution in [0.5, 0.6) is 0 Å². The van der Waals surface area contributed by atoms with E-state index in [1.54, 1.807) is 0 Å². The molecule has 0 radical (unpaired) electrons. The summed E-state index contributed by atoms with van der Waals surface area (Å²) in [6.45, 7) is 13.7. The average molecular weight is 520 g/mol. The molecule has 1 aliphatic heterocycles. The molecule has 1 atom stereocenters. The van der Waals surface area contributed by atoms with E-state index in [4.69, 9.17) is 11.6 Å². The monoisotopic (exact) mass is 519 g/mol. The number of aromatic nitrogens is 5. The SMILES string of the molecule is CCC(C)(C)n1nnnc1[C@H](c1cc2cc(C)ccc2[nH]c1=O)N1CCN(c2cc(Cl)ccc2C)CC1. The van der Waals surface area contributed by atoms with Gasteiger partial charge < -0.3 is 9.88 Å². The summed E-state index contributed by atoms with van der Waals surface area (Å²) in [4.78, 5) is 21.3. The van der Waals surface area contributed by atoms with E-state index in [-0.39, 0.29) is 17.1 Å². The molecule has 0 amide bonds. The van der Waals surface area contributed by atoms with Crippen LogP contribution in [0.1, 0.15) is 55.7 Å². The first-order valence-electron chi connectivity index (χ1n) is 12.9. The van der Waals surface area contributed by atoms with Gasteiger partial charge in [-0.2, -0.15) is 0 Å². The van der Waals surface area contributed by atoms with Crippen LogP contribution in [0.25, 0.3) is 10.9 Å². The third kappa shape index (κ3) is 4.88. The molecule has 3 heterocycles. The molecule has 1 aliphatic rings. The Morgan fingerprint density at radius 3 is 2.54 bits per heavy atom. The predicted octanol–water partition coefficient (Wildman–Crippen LogP) is 4.84. The van der Waals surface area contributed by atoms with E-state index < -0.39 is 0 Å². The van der Waals surface area contributed by atoms with Gasteiger partial charge in [-0.1, -0.05) is 36.2 Å². The summed E-state index contributed by atoms with van der Waals surface area (Å²) >= 11 is 6.31. The molecule has 1 fully saturated rings. The number of piperazine rings is 1. The van der Waals surface area contributed by atoms with Crippen molar-refractivity contribution in [2.24, 2.45) is 0 Å². The lowest BCUT2D eigenvalue weighted by molar-refractivity contribution is 0.186. The number of anilines is 1. The maximum absolute atomic E-state index is 13.5. The minimum Gasteiger partial charge on any atom is -0.369 e. The van der Waals surface area contributed by atoms with Crippen molar-refractivity contribution in [2.45, 2.75) is 52.6 Å². The molecule has 0 unspecified atom stereocenters. The molecule has 9 heteroatoms. The summed E-state index contributed by atoms with van der Waals surface area (Å²) in [5.74, 6) is 0.691. The highest BCUT2D eigenvalue weighted by Crippen LogP contribution is 2.33. The number of aromatic amines is 1. The van der Waals surface area contributed by atoms with Crippen molar-refractivity contribution in [3.05, 3.63) is 80.4 Å². The Kier molecular flexibility index (Phi) is 6.81. The van der Waals surface area contributed by atoms with Gasteiger partial charge in [0, 0.05) is 48.0 Å². The number of nitrogens with zero attached hydrogens (tertiary/aromatic N) is 6. The molecule has 0 saturated carbocycles. The number of nitrogens with one attached hydrogen (secondary N) is 1. The van der Waals surface area contributed by atoms with Crippen LogP contribution in [0, 0.1) is 13.8 Å². The third-order valence-corrected chi connectivity index (χ3v) is 7.93. The minimum absolute atomic E-state index is 0.113. The lowest BCUT2D eigenvalue weighted by Gasteiger charge is -2.40. The van der Waals surface area contributed by atoms with Crippen molar-refractivity contribution in [2.75, 3.05) is 31.1 Å². The number of halogens is 1. The Bertz CT molecular complexity index is 1480. The fourth-order valence-electron chi connectivity index (χ4n) is 5.13. The predicted molar refractivity (Wildman–Crippen MR) is 149 cm³/mol. The van der Waals surface area contributed by atoms with Crippen molar-refractivity contribution in [1.82, 2.24) is 30.1 Å². The van der Waals surface area contributed by atoms with Gasteiger partial charge in [-0.05, 0) is 85.8 Å². The van der Waals surface area contributed by atoms with Crippen molar-refractivity contribution < 1.29 is 0 Å². The fourth-order valence-corrected chi connectivity index (χ4v) is 5.30. The summed E-state index contributed by atoms with van der Waals surface area (Å²) < 4.78 is 1.89. The maximum atomic E-state index is 13.5. The van der Waals surface area contributed by atoms with Crippen LogP contribution in [0.3, 0.4) is 0 Å². The van der Waals surface area contributed by atoms with E-state index in [0.717, 1.165) is 59.8 Å². The number of rotatable bonds is 6. The lowest BCUT2D eigenvalue weighted by atomic mass is 9.98. The quantitative estimate of drug-likeness (QED) is 0.392. The standard InChI is InChI=1S/C28H34ClN7O/c1-6-28(4,5)36-26(31-32-33-36)25(22-16-20-15-18(2)7-10-23(20)30-27(22)37)35-13-11-34(12-14-35)24-17-21(29)9-8-19(24)3/h7-10,15-17,25H,6,11-14H2,1-5H3,(H,30,37)/t25-/m0/s1. The van der Waals surface area contributed by atoms with Gasteiger partial charge in [-0.15, -0.1) is 5.10 Å². The molecule has 5 rings (SSSR count). The number of benzene rings is 2. The number of hydrogen-bond donors (Lipinski definition) is 1. The van der Waals surface area contributed by atoms with Crippen molar-refractivity contribution in [1.29, 1.82) is 0 Å². The molecule has 0 spiro atoms. The van der Waals surface area contributed by atoms with E-state index in [0.29, 0.717) is 11.4 Å². The number of hydrogen-bond acceptors (Lipinski definition) is 6. The molecule has 0 bridgehead atoms. The molecular weight excluding hydrogens is 486 g/mol. The average Bonchev–Trinajstić information content (AvgIpc) is 3.37. The van der Waals surface area contributed by atoms with Gasteiger partial charge >= 0.3 is 0 Å². The summed E-state index contributed by atoms with van der Waals surface area (Å²) in [7, 11) is 0. The second-order valence-corrected chi connectivity index (χ2v) is 11.1. The van der Waals surface area contributed by atoms with E-state index in [9.17, 15) is 4.79 Å². The first-order valence-corrected chi connectivity index (χ1v) is 13.2. The van der Waals surface area contributed by atoms with E-state index in [1.165, 1.54) is 5.56 Å². The molecule has 2 aromatic heterocycles. The molecule has 8 nitrogen and oxygen atoms in total. The molecule has 37 heavy (non-hydrogen) atoms. The van der Waals surface area contributed by atoms with Gasteiger partial charge in [0.05, 0.1) is 5.54 Å². The zero-order valence-corrected chi connectivity index (χ0v) is 22.9. The van der Waals surface area contributed by atoms with Gasteiger partial charge in [-0.25, -0.2) is 4.68 Å². The van der Waals surface area contributed by atoms with Crippen LogP contribution in [0.2, 0.25) is 5.02 Å². The Morgan fingerprint density at radius 1 is 1.05 bits per heavy atom. The van der Waals surface area contributed by atoms with Crippen LogP contribution >= 0.6 is 11.6 Å². The van der Waals surface area contributed by atoms with Gasteiger partial charge in [0.25, 0.3) is 5.56 Å². The van der Waals surface area contributed by atoms with Gasteiger partial charge in [0.1, 0.15) is 6.04 Å². The lowest BCUT2D eigenvalue weighted by Crippen LogP contribution is -2.49. The van der Waals surface area contributed by atoms with Gasteiger partial charge in [-0.3, -0.25) is 9.69 Å². The Balaban J connectivity index is 1.57. The zero-order valence-electron chi connectivity index (χ0n) is 22.1. The zero-order chi connectivity index (χ0) is 26.3. The maximum Gasteiger partial charge on any atom is 0.253 e. The Hall–Kier alpha value is -3.23. The normalized spacial score (nSPS) is 15.9. The highest BCUT2D eigenvalue weighted by molar-refractivity contribution is 6.30. The summed E-state index contributed by atoms with van der Waals surface area (Å²) in [5, 5.41) is 14.7. The Morgan fingerprint density at radius 2 is 1.81 bits per heavy atom. The van der Waals surface area contributed by atoms with Gasteiger partial charge in [0.2, 0.25) is 0 Å². The second-order valence-electron chi connectivity index (χ2n) is 10.6.